The highest BCUT2D eigenvalue weighted by Gasteiger charge is 2.25. The lowest BCUT2D eigenvalue weighted by atomic mass is 10.0. The zero-order valence-electron chi connectivity index (χ0n) is 27.2. The SMILES string of the molecule is c1ccc(-c2nc3nc(-c4ccccc4-n4c5cccc6c7ccccc7n7c8ccccc8c8ccc4c(c65)c87)nn3c3ccccc23)cc1. The Bertz CT molecular complexity index is 3370. The molecule has 12 aromatic rings. The first-order valence-electron chi connectivity index (χ1n) is 17.2. The van der Waals surface area contributed by atoms with Crippen LogP contribution in [0.5, 0.6) is 0 Å². The third-order valence-corrected chi connectivity index (χ3v) is 10.6. The second-order valence-electron chi connectivity index (χ2n) is 13.3. The van der Waals surface area contributed by atoms with Crippen LogP contribution in [0.4, 0.5) is 0 Å². The highest BCUT2D eigenvalue weighted by molar-refractivity contribution is 6.33. The van der Waals surface area contributed by atoms with Gasteiger partial charge in [0.05, 0.1) is 44.5 Å². The van der Waals surface area contributed by atoms with Gasteiger partial charge in [-0.3, -0.25) is 0 Å². The van der Waals surface area contributed by atoms with Crippen LogP contribution >= 0.6 is 0 Å². The molecule has 0 unspecified atom stereocenters. The normalized spacial score (nSPS) is 12.3. The Morgan fingerprint density at radius 1 is 0.412 bits per heavy atom. The van der Waals surface area contributed by atoms with E-state index in [-0.39, 0.29) is 0 Å². The van der Waals surface area contributed by atoms with Crippen molar-refractivity contribution >= 4 is 76.6 Å². The molecule has 5 heterocycles. The zero-order valence-corrected chi connectivity index (χ0v) is 27.2. The number of fused-ring (bicyclic) bond motifs is 9. The van der Waals surface area contributed by atoms with Gasteiger partial charge in [0, 0.05) is 43.4 Å². The molecule has 0 spiro atoms. The summed E-state index contributed by atoms with van der Waals surface area (Å²) in [5.74, 6) is 1.20. The average Bonchev–Trinajstić information content (AvgIpc) is 3.85. The molecule has 0 radical (unpaired) electrons. The molecule has 0 fully saturated rings. The van der Waals surface area contributed by atoms with E-state index in [1.165, 1.54) is 48.9 Å². The molecule has 0 aliphatic carbocycles. The smallest absolute Gasteiger partial charge is 0.253 e. The summed E-state index contributed by atoms with van der Waals surface area (Å²) >= 11 is 0. The maximum Gasteiger partial charge on any atom is 0.253 e. The Balaban J connectivity index is 1.20. The van der Waals surface area contributed by atoms with Gasteiger partial charge in [0.2, 0.25) is 0 Å². The summed E-state index contributed by atoms with van der Waals surface area (Å²) in [6.07, 6.45) is 0. The maximum atomic E-state index is 5.15. The molecule has 6 heteroatoms. The Hall–Kier alpha value is -7.05. The number of rotatable bonds is 3. The van der Waals surface area contributed by atoms with Crippen molar-refractivity contribution in [3.63, 3.8) is 0 Å². The Morgan fingerprint density at radius 2 is 1.04 bits per heavy atom. The minimum Gasteiger partial charge on any atom is -0.308 e. The predicted molar refractivity (Wildman–Crippen MR) is 208 cm³/mol. The summed E-state index contributed by atoms with van der Waals surface area (Å²) in [4.78, 5) is 10.2. The van der Waals surface area contributed by atoms with Gasteiger partial charge in [-0.2, -0.15) is 9.50 Å². The Morgan fingerprint density at radius 3 is 1.86 bits per heavy atom. The third kappa shape index (κ3) is 3.48. The summed E-state index contributed by atoms with van der Waals surface area (Å²) < 4.78 is 6.77. The van der Waals surface area contributed by atoms with Crippen LogP contribution in [0.2, 0.25) is 0 Å². The maximum absolute atomic E-state index is 5.15. The molecule has 0 aliphatic rings. The fourth-order valence-electron chi connectivity index (χ4n) is 8.57. The van der Waals surface area contributed by atoms with Gasteiger partial charge < -0.3 is 8.97 Å². The van der Waals surface area contributed by atoms with Crippen LogP contribution < -0.4 is 0 Å². The number of benzene rings is 7. The van der Waals surface area contributed by atoms with Gasteiger partial charge in [-0.15, -0.1) is 5.10 Å². The van der Waals surface area contributed by atoms with E-state index < -0.39 is 0 Å². The first-order valence-corrected chi connectivity index (χ1v) is 17.2. The largest absolute Gasteiger partial charge is 0.308 e. The molecule has 7 aromatic carbocycles. The molecular weight excluding hydrogens is 625 g/mol. The van der Waals surface area contributed by atoms with Crippen molar-refractivity contribution in [3.8, 4) is 28.3 Å². The molecule has 0 saturated carbocycles. The van der Waals surface area contributed by atoms with Crippen molar-refractivity contribution < 1.29 is 0 Å². The molecule has 236 valence electrons. The van der Waals surface area contributed by atoms with Gasteiger partial charge in [-0.1, -0.05) is 115 Å². The second-order valence-corrected chi connectivity index (χ2v) is 13.3. The number of aromatic nitrogens is 6. The Kier molecular flexibility index (Phi) is 5.14. The molecule has 12 rings (SSSR count). The van der Waals surface area contributed by atoms with Crippen LogP contribution in [0, 0.1) is 0 Å². The van der Waals surface area contributed by atoms with Gasteiger partial charge in [0.1, 0.15) is 0 Å². The van der Waals surface area contributed by atoms with Crippen LogP contribution in [-0.4, -0.2) is 28.5 Å². The minimum absolute atomic E-state index is 0.569. The van der Waals surface area contributed by atoms with Gasteiger partial charge in [-0.25, -0.2) is 4.98 Å². The van der Waals surface area contributed by atoms with E-state index in [1.54, 1.807) is 0 Å². The molecule has 0 N–H and O–H groups in total. The first-order chi connectivity index (χ1) is 25.3. The summed E-state index contributed by atoms with van der Waals surface area (Å²) in [6, 6.07) is 56.0. The molecular formula is C45H26N6. The number of para-hydroxylation sites is 4. The topological polar surface area (TPSA) is 52.4 Å². The highest BCUT2D eigenvalue weighted by Crippen LogP contribution is 2.46. The Labute approximate surface area is 290 Å². The van der Waals surface area contributed by atoms with E-state index in [0.29, 0.717) is 11.6 Å². The predicted octanol–water partition coefficient (Wildman–Crippen LogP) is 10.9. The average molecular weight is 651 g/mol. The van der Waals surface area contributed by atoms with E-state index >= 15 is 0 Å². The quantitative estimate of drug-likeness (QED) is 0.191. The van der Waals surface area contributed by atoms with E-state index in [9.17, 15) is 0 Å². The van der Waals surface area contributed by atoms with Crippen molar-refractivity contribution in [1.82, 2.24) is 28.5 Å². The lowest BCUT2D eigenvalue weighted by Crippen LogP contribution is -1.98. The van der Waals surface area contributed by atoms with Gasteiger partial charge in [0.25, 0.3) is 5.78 Å². The number of hydrogen-bond acceptors (Lipinski definition) is 3. The zero-order chi connectivity index (χ0) is 33.2. The van der Waals surface area contributed by atoms with Crippen molar-refractivity contribution in [2.75, 3.05) is 0 Å². The molecule has 0 aliphatic heterocycles. The van der Waals surface area contributed by atoms with Gasteiger partial charge >= 0.3 is 0 Å². The summed E-state index contributed by atoms with van der Waals surface area (Å²) in [7, 11) is 0. The van der Waals surface area contributed by atoms with Crippen LogP contribution in [0.1, 0.15) is 0 Å². The van der Waals surface area contributed by atoms with Crippen molar-refractivity contribution in [2.24, 2.45) is 0 Å². The molecule has 5 aromatic heterocycles. The summed E-state index contributed by atoms with van der Waals surface area (Å²) in [6.45, 7) is 0. The monoisotopic (exact) mass is 650 g/mol. The lowest BCUT2D eigenvalue weighted by Gasteiger charge is -2.12. The fourth-order valence-corrected chi connectivity index (χ4v) is 8.57. The highest BCUT2D eigenvalue weighted by atomic mass is 15.3. The molecule has 0 bridgehead atoms. The van der Waals surface area contributed by atoms with Crippen molar-refractivity contribution in [1.29, 1.82) is 0 Å². The fraction of sp³-hybridized carbons (Fsp3) is 0. The van der Waals surface area contributed by atoms with E-state index in [0.717, 1.165) is 44.4 Å². The van der Waals surface area contributed by atoms with Crippen molar-refractivity contribution in [3.05, 3.63) is 158 Å². The van der Waals surface area contributed by atoms with Gasteiger partial charge in [-0.05, 0) is 47.9 Å². The van der Waals surface area contributed by atoms with Crippen LogP contribution in [0.25, 0.3) is 105 Å². The summed E-state index contributed by atoms with van der Waals surface area (Å²) in [5, 5.41) is 13.7. The molecule has 0 saturated heterocycles. The third-order valence-electron chi connectivity index (χ3n) is 10.6. The molecule has 51 heavy (non-hydrogen) atoms. The molecule has 0 atom stereocenters. The summed E-state index contributed by atoms with van der Waals surface area (Å²) in [5.41, 5.74) is 10.8. The van der Waals surface area contributed by atoms with Crippen LogP contribution in [0.3, 0.4) is 0 Å². The van der Waals surface area contributed by atoms with Crippen LogP contribution in [-0.2, 0) is 0 Å². The number of hydrogen-bond donors (Lipinski definition) is 0. The standard InChI is InChI=1S/C45H26N6/c1-2-13-27(14-3-1)42-32-17-6-11-23-37(32)51-45(46-42)47-44(48-51)33-18-7-10-22-36(33)49-38-24-12-19-30-28-15-4-8-20-34(28)50-35-21-9-5-16-29(35)31-25-26-39(49)41(40(30)38)43(31)50/h1-26H. The second kappa shape index (κ2) is 9.77. The number of nitrogens with zero attached hydrogens (tertiary/aromatic N) is 6. The molecule has 6 nitrogen and oxygen atoms in total. The van der Waals surface area contributed by atoms with E-state index in [4.69, 9.17) is 15.1 Å². The lowest BCUT2D eigenvalue weighted by molar-refractivity contribution is 0.987. The van der Waals surface area contributed by atoms with E-state index in [1.807, 2.05) is 28.8 Å². The minimum atomic E-state index is 0.569. The van der Waals surface area contributed by atoms with E-state index in [2.05, 4.69) is 142 Å². The van der Waals surface area contributed by atoms with Gasteiger partial charge in [0.15, 0.2) is 5.82 Å². The first kappa shape index (κ1) is 26.9. The van der Waals surface area contributed by atoms with Crippen LogP contribution in [0.15, 0.2) is 158 Å². The molecule has 0 amide bonds. The van der Waals surface area contributed by atoms with Crippen molar-refractivity contribution in [2.45, 2.75) is 0 Å².